The van der Waals surface area contributed by atoms with Crippen molar-refractivity contribution in [3.8, 4) is 0 Å². The molecule has 4 heteroatoms. The van der Waals surface area contributed by atoms with Gasteiger partial charge in [0, 0.05) is 6.08 Å². The lowest BCUT2D eigenvalue weighted by molar-refractivity contribution is -0.137. The maximum Gasteiger partial charge on any atom is 0.338 e. The topological polar surface area (TPSA) is 52.6 Å². The molecule has 1 aliphatic rings. The molecular weight excluding hydrogens is 388 g/mol. The molecule has 1 aromatic rings. The van der Waals surface area contributed by atoms with Gasteiger partial charge >= 0.3 is 11.9 Å². The van der Waals surface area contributed by atoms with Crippen molar-refractivity contribution in [1.82, 2.24) is 0 Å². The molecule has 0 N–H and O–H groups in total. The van der Waals surface area contributed by atoms with Crippen LogP contribution in [0.25, 0.3) is 0 Å². The van der Waals surface area contributed by atoms with Crippen LogP contribution in [0, 0.1) is 5.92 Å². The first kappa shape index (κ1) is 25.2. The van der Waals surface area contributed by atoms with Crippen LogP contribution < -0.4 is 0 Å². The molecule has 0 unspecified atom stereocenters. The second-order valence-electron chi connectivity index (χ2n) is 8.78. The van der Waals surface area contributed by atoms with E-state index in [0.717, 1.165) is 50.9 Å². The highest BCUT2D eigenvalue weighted by atomic mass is 16.5. The van der Waals surface area contributed by atoms with Gasteiger partial charge in [0.1, 0.15) is 6.10 Å². The van der Waals surface area contributed by atoms with Crippen molar-refractivity contribution in [2.75, 3.05) is 6.61 Å². The van der Waals surface area contributed by atoms with Gasteiger partial charge in [0.05, 0.1) is 12.2 Å². The van der Waals surface area contributed by atoms with Crippen molar-refractivity contribution in [2.45, 2.75) is 96.5 Å². The van der Waals surface area contributed by atoms with Crippen LogP contribution in [0.2, 0.25) is 0 Å². The van der Waals surface area contributed by atoms with E-state index in [1.54, 1.807) is 0 Å². The van der Waals surface area contributed by atoms with Gasteiger partial charge in [0.25, 0.3) is 0 Å². The summed E-state index contributed by atoms with van der Waals surface area (Å²) in [6, 6.07) is 7.85. The van der Waals surface area contributed by atoms with Crippen LogP contribution in [0.15, 0.2) is 36.9 Å². The average Bonchev–Trinajstić information content (AvgIpc) is 2.80. The van der Waals surface area contributed by atoms with Crippen molar-refractivity contribution in [3.05, 3.63) is 48.0 Å². The van der Waals surface area contributed by atoms with Crippen LogP contribution in [0.5, 0.6) is 0 Å². The van der Waals surface area contributed by atoms with Crippen LogP contribution >= 0.6 is 0 Å². The Kier molecular flexibility index (Phi) is 12.0. The van der Waals surface area contributed by atoms with Gasteiger partial charge in [0.2, 0.25) is 0 Å². The van der Waals surface area contributed by atoms with Crippen molar-refractivity contribution >= 4 is 11.9 Å². The lowest BCUT2D eigenvalue weighted by Crippen LogP contribution is -2.24. The van der Waals surface area contributed by atoms with Crippen molar-refractivity contribution in [3.63, 3.8) is 0 Å². The molecule has 1 aromatic carbocycles. The summed E-state index contributed by atoms with van der Waals surface area (Å²) < 4.78 is 10.7. The van der Waals surface area contributed by atoms with Crippen LogP contribution in [-0.4, -0.2) is 24.6 Å². The van der Waals surface area contributed by atoms with Crippen molar-refractivity contribution < 1.29 is 19.1 Å². The van der Waals surface area contributed by atoms with E-state index in [-0.39, 0.29) is 18.0 Å². The third-order valence-corrected chi connectivity index (χ3v) is 6.24. The van der Waals surface area contributed by atoms with Gasteiger partial charge < -0.3 is 9.47 Å². The Balaban J connectivity index is 1.60. The van der Waals surface area contributed by atoms with Gasteiger partial charge in [-0.05, 0) is 68.6 Å². The summed E-state index contributed by atoms with van der Waals surface area (Å²) in [5.74, 6) is 0.284. The highest BCUT2D eigenvalue weighted by molar-refractivity contribution is 5.89. The Labute approximate surface area is 188 Å². The van der Waals surface area contributed by atoms with Gasteiger partial charge in [-0.1, -0.05) is 64.2 Å². The summed E-state index contributed by atoms with van der Waals surface area (Å²) in [4.78, 5) is 23.4. The van der Waals surface area contributed by atoms with Crippen LogP contribution in [0.3, 0.4) is 0 Å². The fraction of sp³-hybridized carbons (Fsp3) is 0.630. The molecule has 1 aliphatic carbocycles. The number of unbranched alkanes of at least 4 members (excludes halogenated alkanes) is 5. The van der Waals surface area contributed by atoms with E-state index in [1.807, 2.05) is 24.3 Å². The molecule has 4 nitrogen and oxygen atoms in total. The Morgan fingerprint density at radius 1 is 0.968 bits per heavy atom. The predicted molar refractivity (Wildman–Crippen MR) is 125 cm³/mol. The third kappa shape index (κ3) is 10.2. The van der Waals surface area contributed by atoms with E-state index in [1.165, 1.54) is 50.2 Å². The SMILES string of the molecule is C=CC(=O)OCCCCCCc1ccc(C(=O)OC2CCC(CCCCC)CC2)cc1. The minimum atomic E-state index is -0.353. The van der Waals surface area contributed by atoms with Gasteiger partial charge in [-0.15, -0.1) is 0 Å². The zero-order chi connectivity index (χ0) is 22.3. The quantitative estimate of drug-likeness (QED) is 0.185. The molecule has 0 bridgehead atoms. The van der Waals surface area contributed by atoms with Crippen LogP contribution in [-0.2, 0) is 20.7 Å². The van der Waals surface area contributed by atoms with Crippen LogP contribution in [0.1, 0.15) is 99.9 Å². The van der Waals surface area contributed by atoms with Crippen LogP contribution in [0.4, 0.5) is 0 Å². The first-order chi connectivity index (χ1) is 15.1. The molecule has 0 amide bonds. The van der Waals surface area contributed by atoms with E-state index < -0.39 is 0 Å². The molecule has 2 rings (SSSR count). The van der Waals surface area contributed by atoms with Crippen molar-refractivity contribution in [2.24, 2.45) is 5.92 Å². The average molecular weight is 429 g/mol. The van der Waals surface area contributed by atoms with Gasteiger partial charge in [-0.3, -0.25) is 0 Å². The molecule has 172 valence electrons. The minimum Gasteiger partial charge on any atom is -0.463 e. The number of carbonyl (C=O) groups is 2. The smallest absolute Gasteiger partial charge is 0.338 e. The summed E-state index contributed by atoms with van der Waals surface area (Å²) in [6.07, 6.45) is 16.0. The number of aryl methyl sites for hydroxylation is 1. The molecule has 31 heavy (non-hydrogen) atoms. The summed E-state index contributed by atoms with van der Waals surface area (Å²) >= 11 is 0. The lowest BCUT2D eigenvalue weighted by atomic mass is 9.84. The Hall–Kier alpha value is -2.10. The van der Waals surface area contributed by atoms with E-state index >= 15 is 0 Å². The standard InChI is InChI=1S/C27H40O4/c1-3-5-8-11-23-15-19-25(20-16-23)31-27(29)24-17-13-22(14-18-24)12-9-6-7-10-21-30-26(28)4-2/h4,13-14,17-18,23,25H,2-3,5-12,15-16,19-21H2,1H3. The Bertz CT molecular complexity index is 656. The normalized spacial score (nSPS) is 18.4. The van der Waals surface area contributed by atoms with E-state index in [2.05, 4.69) is 13.5 Å². The minimum absolute atomic E-state index is 0.0837. The predicted octanol–water partition coefficient (Wildman–Crippen LogP) is 6.81. The fourth-order valence-corrected chi connectivity index (χ4v) is 4.26. The fourth-order valence-electron chi connectivity index (χ4n) is 4.26. The number of hydrogen-bond acceptors (Lipinski definition) is 4. The Morgan fingerprint density at radius 2 is 1.68 bits per heavy atom. The van der Waals surface area contributed by atoms with Gasteiger partial charge in [-0.2, -0.15) is 0 Å². The van der Waals surface area contributed by atoms with Gasteiger partial charge in [-0.25, -0.2) is 9.59 Å². The zero-order valence-electron chi connectivity index (χ0n) is 19.3. The van der Waals surface area contributed by atoms with E-state index in [9.17, 15) is 9.59 Å². The second kappa shape index (κ2) is 14.8. The lowest BCUT2D eigenvalue weighted by Gasteiger charge is -2.28. The first-order valence-corrected chi connectivity index (χ1v) is 12.2. The molecule has 0 saturated heterocycles. The third-order valence-electron chi connectivity index (χ3n) is 6.24. The molecule has 1 saturated carbocycles. The summed E-state index contributed by atoms with van der Waals surface area (Å²) in [5.41, 5.74) is 1.89. The molecule has 0 aromatic heterocycles. The Morgan fingerprint density at radius 3 is 2.35 bits per heavy atom. The molecule has 0 radical (unpaired) electrons. The number of esters is 2. The molecule has 0 spiro atoms. The maximum atomic E-state index is 12.5. The highest BCUT2D eigenvalue weighted by Crippen LogP contribution is 2.30. The number of benzene rings is 1. The number of rotatable bonds is 14. The zero-order valence-corrected chi connectivity index (χ0v) is 19.3. The molecule has 0 heterocycles. The molecule has 0 atom stereocenters. The number of carbonyl (C=O) groups excluding carboxylic acids is 2. The van der Waals surface area contributed by atoms with E-state index in [4.69, 9.17) is 9.47 Å². The molecule has 0 aliphatic heterocycles. The molecular formula is C27H40O4. The summed E-state index contributed by atoms with van der Waals surface area (Å²) in [7, 11) is 0. The number of ether oxygens (including phenoxy) is 2. The summed E-state index contributed by atoms with van der Waals surface area (Å²) in [5, 5.41) is 0. The second-order valence-corrected chi connectivity index (χ2v) is 8.78. The van der Waals surface area contributed by atoms with Crippen molar-refractivity contribution in [1.29, 1.82) is 0 Å². The first-order valence-electron chi connectivity index (χ1n) is 12.2. The monoisotopic (exact) mass is 428 g/mol. The summed E-state index contributed by atoms with van der Waals surface area (Å²) in [6.45, 7) is 6.09. The highest BCUT2D eigenvalue weighted by Gasteiger charge is 2.24. The van der Waals surface area contributed by atoms with Gasteiger partial charge in [0.15, 0.2) is 0 Å². The number of hydrogen-bond donors (Lipinski definition) is 0. The maximum absolute atomic E-state index is 12.5. The largest absolute Gasteiger partial charge is 0.463 e. The molecule has 1 fully saturated rings. The van der Waals surface area contributed by atoms with E-state index in [0.29, 0.717) is 12.2 Å².